The third kappa shape index (κ3) is 5.85. The van der Waals surface area contributed by atoms with Gasteiger partial charge >= 0.3 is 0 Å². The summed E-state index contributed by atoms with van der Waals surface area (Å²) in [7, 11) is 0. The van der Waals surface area contributed by atoms with Gasteiger partial charge in [0.25, 0.3) is 0 Å². The molecule has 0 saturated carbocycles. The molecule has 0 spiro atoms. The second-order valence-corrected chi connectivity index (χ2v) is 14.1. The van der Waals surface area contributed by atoms with Crippen LogP contribution in [0.2, 0.25) is 0 Å². The van der Waals surface area contributed by atoms with Gasteiger partial charge < -0.3 is 9.47 Å². The molecular formula is C54H38N2. The molecule has 56 heavy (non-hydrogen) atoms. The van der Waals surface area contributed by atoms with Gasteiger partial charge in [0.2, 0.25) is 0 Å². The van der Waals surface area contributed by atoms with Crippen molar-refractivity contribution in [3.05, 3.63) is 231 Å². The molecule has 0 fully saturated rings. The minimum absolute atomic E-state index is 1.10. The van der Waals surface area contributed by atoms with Gasteiger partial charge in [0.1, 0.15) is 0 Å². The molecule has 0 bridgehead atoms. The summed E-state index contributed by atoms with van der Waals surface area (Å²) in [5, 5.41) is 2.40. The maximum absolute atomic E-state index is 2.46. The second kappa shape index (κ2) is 14.4. The molecule has 0 N–H and O–H groups in total. The maximum Gasteiger partial charge on any atom is 0.0562 e. The maximum atomic E-state index is 2.46. The smallest absolute Gasteiger partial charge is 0.0562 e. The summed E-state index contributed by atoms with van der Waals surface area (Å²) in [6, 6.07) is 83.1. The highest BCUT2D eigenvalue weighted by molar-refractivity contribution is 6.17. The summed E-state index contributed by atoms with van der Waals surface area (Å²) in [5.41, 5.74) is 16.3. The lowest BCUT2D eigenvalue weighted by molar-refractivity contribution is 1.18. The van der Waals surface area contributed by atoms with Gasteiger partial charge in [-0.15, -0.1) is 0 Å². The van der Waals surface area contributed by atoms with Crippen molar-refractivity contribution < 1.29 is 0 Å². The Hall–Kier alpha value is -7.42. The van der Waals surface area contributed by atoms with Crippen LogP contribution in [0.25, 0.3) is 72.0 Å². The van der Waals surface area contributed by atoms with E-state index in [1.54, 1.807) is 0 Å². The van der Waals surface area contributed by atoms with Crippen molar-refractivity contribution in [3.63, 3.8) is 0 Å². The van der Waals surface area contributed by atoms with Crippen LogP contribution in [0, 0.1) is 0 Å². The lowest BCUT2D eigenvalue weighted by Crippen LogP contribution is -2.12. The van der Waals surface area contributed by atoms with Crippen LogP contribution in [0.4, 0.5) is 17.1 Å². The monoisotopic (exact) mass is 714 g/mol. The number of nitrogens with zero attached hydrogens (tertiary/aromatic N) is 2. The molecule has 0 aliphatic rings. The van der Waals surface area contributed by atoms with Crippen LogP contribution in [0.5, 0.6) is 0 Å². The number of anilines is 3. The van der Waals surface area contributed by atoms with Gasteiger partial charge in [-0.3, -0.25) is 0 Å². The van der Waals surface area contributed by atoms with Crippen molar-refractivity contribution in [2.45, 2.75) is 0 Å². The lowest BCUT2D eigenvalue weighted by atomic mass is 9.93. The van der Waals surface area contributed by atoms with Gasteiger partial charge in [-0.2, -0.15) is 0 Å². The first kappa shape index (κ1) is 33.2. The van der Waals surface area contributed by atoms with E-state index in [0.717, 1.165) is 33.8 Å². The highest BCUT2D eigenvalue weighted by Gasteiger charge is 2.24. The lowest BCUT2D eigenvalue weighted by Gasteiger charge is -2.29. The Bertz CT molecular complexity index is 2950. The summed E-state index contributed by atoms with van der Waals surface area (Å²) in [6.07, 6.45) is 0. The van der Waals surface area contributed by atoms with Crippen molar-refractivity contribution in [2.24, 2.45) is 0 Å². The molecule has 2 heteroatoms. The van der Waals surface area contributed by atoms with E-state index in [1.165, 1.54) is 55.3 Å². The molecule has 0 aliphatic carbocycles. The molecule has 1 heterocycles. The molecule has 10 aromatic rings. The molecule has 1 aromatic heterocycles. The molecule has 0 aliphatic heterocycles. The van der Waals surface area contributed by atoms with Gasteiger partial charge in [-0.25, -0.2) is 0 Å². The van der Waals surface area contributed by atoms with Gasteiger partial charge in [-0.1, -0.05) is 182 Å². The van der Waals surface area contributed by atoms with Crippen molar-refractivity contribution in [2.75, 3.05) is 4.90 Å². The van der Waals surface area contributed by atoms with Crippen molar-refractivity contribution in [1.29, 1.82) is 0 Å². The standard InChI is InChI=1S/C54H38N2/c1-5-20-39(21-6-1)42-36-37-51(48(38-42)41-24-9-3-10-25-41)55(43-26-11-4-12-27-43)52-34-19-35-53-54(52)47-31-16-18-33-50(47)56(53)49-32-17-15-30-46(49)45-29-14-13-28-44(45)40-22-7-2-8-23-40/h1-38H. The van der Waals surface area contributed by atoms with Crippen molar-refractivity contribution in [3.8, 4) is 50.2 Å². The number of rotatable bonds is 8. The van der Waals surface area contributed by atoms with Crippen LogP contribution in [0.15, 0.2) is 231 Å². The Labute approximate surface area is 327 Å². The Morgan fingerprint density at radius 3 is 1.55 bits per heavy atom. The van der Waals surface area contributed by atoms with Crippen LogP contribution < -0.4 is 4.90 Å². The Balaban J connectivity index is 1.25. The highest BCUT2D eigenvalue weighted by atomic mass is 15.2. The fraction of sp³-hybridized carbons (Fsp3) is 0. The highest BCUT2D eigenvalue weighted by Crippen LogP contribution is 2.48. The Morgan fingerprint density at radius 1 is 0.304 bits per heavy atom. The topological polar surface area (TPSA) is 8.17 Å². The summed E-state index contributed by atoms with van der Waals surface area (Å²) in [4.78, 5) is 2.45. The first-order valence-electron chi connectivity index (χ1n) is 19.2. The SMILES string of the molecule is c1ccc(-c2ccc(N(c3ccccc3)c3cccc4c3c3ccccc3n4-c3ccccc3-c3ccccc3-c3ccccc3)c(-c3ccccc3)c2)cc1. The molecule has 10 rings (SSSR count). The summed E-state index contributed by atoms with van der Waals surface area (Å²) in [6.45, 7) is 0. The third-order valence-electron chi connectivity index (χ3n) is 10.8. The van der Waals surface area contributed by atoms with Crippen LogP contribution in [0.3, 0.4) is 0 Å². The third-order valence-corrected chi connectivity index (χ3v) is 10.8. The van der Waals surface area contributed by atoms with Crippen LogP contribution in [-0.2, 0) is 0 Å². The minimum Gasteiger partial charge on any atom is -0.309 e. The van der Waals surface area contributed by atoms with Crippen LogP contribution >= 0.6 is 0 Å². The zero-order chi connectivity index (χ0) is 37.3. The zero-order valence-electron chi connectivity index (χ0n) is 30.8. The quantitative estimate of drug-likeness (QED) is 0.152. The predicted molar refractivity (Wildman–Crippen MR) is 237 cm³/mol. The number of aromatic nitrogens is 1. The van der Waals surface area contributed by atoms with E-state index < -0.39 is 0 Å². The largest absolute Gasteiger partial charge is 0.309 e. The van der Waals surface area contributed by atoms with Crippen LogP contribution in [-0.4, -0.2) is 4.57 Å². The molecular weight excluding hydrogens is 677 g/mol. The molecule has 2 nitrogen and oxygen atoms in total. The van der Waals surface area contributed by atoms with Gasteiger partial charge in [0, 0.05) is 27.6 Å². The minimum atomic E-state index is 1.10. The molecule has 0 amide bonds. The molecule has 264 valence electrons. The molecule has 9 aromatic carbocycles. The first-order chi connectivity index (χ1) is 27.8. The average Bonchev–Trinajstić information content (AvgIpc) is 3.63. The molecule has 0 unspecified atom stereocenters. The fourth-order valence-corrected chi connectivity index (χ4v) is 8.31. The number of hydrogen-bond donors (Lipinski definition) is 0. The predicted octanol–water partition coefficient (Wildman–Crippen LogP) is 14.9. The summed E-state index contributed by atoms with van der Waals surface area (Å²) < 4.78 is 2.46. The number of fused-ring (bicyclic) bond motifs is 3. The van der Waals surface area contributed by atoms with Gasteiger partial charge in [0.15, 0.2) is 0 Å². The molecule has 0 saturated heterocycles. The summed E-state index contributed by atoms with van der Waals surface area (Å²) >= 11 is 0. The van der Waals surface area contributed by atoms with E-state index in [-0.39, 0.29) is 0 Å². The van der Waals surface area contributed by atoms with Gasteiger partial charge in [0.05, 0.1) is 28.1 Å². The molecule has 0 radical (unpaired) electrons. The number of para-hydroxylation sites is 3. The number of hydrogen-bond acceptors (Lipinski definition) is 1. The normalized spacial score (nSPS) is 11.2. The molecule has 0 atom stereocenters. The Kier molecular flexibility index (Phi) is 8.55. The van der Waals surface area contributed by atoms with Crippen molar-refractivity contribution >= 4 is 38.9 Å². The van der Waals surface area contributed by atoms with E-state index in [2.05, 4.69) is 240 Å². The Morgan fingerprint density at radius 2 is 0.839 bits per heavy atom. The second-order valence-electron chi connectivity index (χ2n) is 14.1. The fourth-order valence-electron chi connectivity index (χ4n) is 8.31. The summed E-state index contributed by atoms with van der Waals surface area (Å²) in [5.74, 6) is 0. The van der Waals surface area contributed by atoms with Crippen molar-refractivity contribution in [1.82, 2.24) is 4.57 Å². The van der Waals surface area contributed by atoms with Crippen LogP contribution in [0.1, 0.15) is 0 Å². The van der Waals surface area contributed by atoms with E-state index in [4.69, 9.17) is 0 Å². The van der Waals surface area contributed by atoms with E-state index >= 15 is 0 Å². The average molecular weight is 715 g/mol. The van der Waals surface area contributed by atoms with E-state index in [1.807, 2.05) is 0 Å². The first-order valence-corrected chi connectivity index (χ1v) is 19.2. The number of benzene rings is 9. The zero-order valence-corrected chi connectivity index (χ0v) is 30.8. The van der Waals surface area contributed by atoms with E-state index in [0.29, 0.717) is 0 Å². The van der Waals surface area contributed by atoms with Gasteiger partial charge in [-0.05, 0) is 81.9 Å². The van der Waals surface area contributed by atoms with E-state index in [9.17, 15) is 0 Å².